The van der Waals surface area contributed by atoms with Gasteiger partial charge in [0.15, 0.2) is 5.16 Å². The number of imidazole rings is 1. The van der Waals surface area contributed by atoms with Gasteiger partial charge in [-0.1, -0.05) is 71.9 Å². The number of nitrogens with zero attached hydrogens (tertiary/aromatic N) is 2. The maximum atomic E-state index is 13.5. The molecule has 0 spiro atoms. The highest BCUT2D eigenvalue weighted by Crippen LogP contribution is 2.28. The third-order valence-corrected chi connectivity index (χ3v) is 6.04. The molecule has 3 aromatic carbocycles. The Morgan fingerprint density at radius 3 is 2.38 bits per heavy atom. The van der Waals surface area contributed by atoms with Gasteiger partial charge in [0.1, 0.15) is 0 Å². The van der Waals surface area contributed by atoms with E-state index in [1.54, 1.807) is 41.1 Å². The number of carbonyl (C=O) groups is 2. The zero-order chi connectivity index (χ0) is 22.5. The largest absolute Gasteiger partial charge is 0.325 e. The number of benzene rings is 3. The number of nitrogens with one attached hydrogen (secondary N) is 1. The van der Waals surface area contributed by atoms with Crippen LogP contribution in [0.3, 0.4) is 0 Å². The standard InChI is InChI=1S/C25H20ClN3O2S/c1-17-7-5-6-10-21(17)24(31)29-22(18-8-3-2-4-9-18)15-27-25(29)32-16-23(30)28-20-13-11-19(26)12-14-20/h2-15H,16H2,1H3,(H,28,30). The molecular formula is C25H20ClN3O2S. The Balaban J connectivity index is 1.61. The van der Waals surface area contributed by atoms with Gasteiger partial charge in [0, 0.05) is 21.8 Å². The van der Waals surface area contributed by atoms with Crippen molar-refractivity contribution in [1.82, 2.24) is 9.55 Å². The zero-order valence-electron chi connectivity index (χ0n) is 17.3. The van der Waals surface area contributed by atoms with Crippen molar-refractivity contribution < 1.29 is 9.59 Å². The zero-order valence-corrected chi connectivity index (χ0v) is 18.9. The number of hydrogen-bond acceptors (Lipinski definition) is 4. The van der Waals surface area contributed by atoms with Crippen LogP contribution in [-0.2, 0) is 4.79 Å². The number of thioether (sulfide) groups is 1. The van der Waals surface area contributed by atoms with Crippen molar-refractivity contribution in [3.8, 4) is 11.3 Å². The van der Waals surface area contributed by atoms with E-state index in [2.05, 4.69) is 10.3 Å². The molecule has 4 aromatic rings. The minimum absolute atomic E-state index is 0.106. The van der Waals surface area contributed by atoms with Crippen LogP contribution in [0, 0.1) is 6.92 Å². The number of carbonyl (C=O) groups excluding carboxylic acids is 2. The number of aromatic nitrogens is 2. The van der Waals surface area contributed by atoms with E-state index < -0.39 is 0 Å². The average Bonchev–Trinajstić information content (AvgIpc) is 3.24. The van der Waals surface area contributed by atoms with Crippen molar-refractivity contribution in [2.24, 2.45) is 0 Å². The van der Waals surface area contributed by atoms with E-state index in [0.717, 1.165) is 11.1 Å². The summed E-state index contributed by atoms with van der Waals surface area (Å²) in [5.74, 6) is -0.272. The molecule has 7 heteroatoms. The number of hydrogen-bond donors (Lipinski definition) is 1. The molecule has 0 aliphatic carbocycles. The van der Waals surface area contributed by atoms with Gasteiger partial charge < -0.3 is 5.32 Å². The Bertz CT molecular complexity index is 1250. The van der Waals surface area contributed by atoms with Crippen molar-refractivity contribution in [3.05, 3.63) is 101 Å². The van der Waals surface area contributed by atoms with E-state index in [9.17, 15) is 9.59 Å². The van der Waals surface area contributed by atoms with Gasteiger partial charge in [0.05, 0.1) is 17.6 Å². The minimum atomic E-state index is -0.198. The molecule has 0 bridgehead atoms. The Morgan fingerprint density at radius 1 is 0.969 bits per heavy atom. The monoisotopic (exact) mass is 461 g/mol. The maximum absolute atomic E-state index is 13.5. The average molecular weight is 462 g/mol. The SMILES string of the molecule is Cc1ccccc1C(=O)n1c(-c2ccccc2)cnc1SCC(=O)Nc1ccc(Cl)cc1. The number of aryl methyl sites for hydroxylation is 1. The predicted molar refractivity (Wildman–Crippen MR) is 129 cm³/mol. The van der Waals surface area contributed by atoms with Crippen LogP contribution >= 0.6 is 23.4 Å². The summed E-state index contributed by atoms with van der Waals surface area (Å²) in [6.07, 6.45) is 1.67. The second kappa shape index (κ2) is 9.85. The molecule has 160 valence electrons. The molecular weight excluding hydrogens is 442 g/mol. The van der Waals surface area contributed by atoms with Crippen LogP contribution in [0.2, 0.25) is 5.02 Å². The fraction of sp³-hybridized carbons (Fsp3) is 0.0800. The van der Waals surface area contributed by atoms with Gasteiger partial charge in [-0.05, 0) is 42.8 Å². The second-order valence-electron chi connectivity index (χ2n) is 7.09. The quantitative estimate of drug-likeness (QED) is 0.361. The molecule has 1 aromatic heterocycles. The molecule has 1 heterocycles. The second-order valence-corrected chi connectivity index (χ2v) is 8.47. The van der Waals surface area contributed by atoms with Gasteiger partial charge >= 0.3 is 0 Å². The Labute approximate surface area is 195 Å². The van der Waals surface area contributed by atoms with Gasteiger partial charge in [0.2, 0.25) is 5.91 Å². The van der Waals surface area contributed by atoms with Crippen LogP contribution in [0.5, 0.6) is 0 Å². The summed E-state index contributed by atoms with van der Waals surface area (Å²) in [4.78, 5) is 30.4. The first-order valence-corrected chi connectivity index (χ1v) is 11.3. The van der Waals surface area contributed by atoms with Gasteiger partial charge in [-0.15, -0.1) is 0 Å². The smallest absolute Gasteiger partial charge is 0.264 e. The number of anilines is 1. The molecule has 1 amide bonds. The van der Waals surface area contributed by atoms with E-state index in [-0.39, 0.29) is 17.6 Å². The van der Waals surface area contributed by atoms with E-state index in [4.69, 9.17) is 11.6 Å². The third-order valence-electron chi connectivity index (χ3n) is 4.84. The van der Waals surface area contributed by atoms with Crippen molar-refractivity contribution >= 4 is 40.9 Å². The van der Waals surface area contributed by atoms with E-state index >= 15 is 0 Å². The van der Waals surface area contributed by atoms with E-state index in [1.807, 2.05) is 55.5 Å². The number of rotatable bonds is 6. The van der Waals surface area contributed by atoms with Crippen LogP contribution < -0.4 is 5.32 Å². The maximum Gasteiger partial charge on any atom is 0.264 e. The molecule has 1 N–H and O–H groups in total. The van der Waals surface area contributed by atoms with Crippen molar-refractivity contribution in [2.75, 3.05) is 11.1 Å². The normalized spacial score (nSPS) is 10.7. The van der Waals surface area contributed by atoms with Crippen molar-refractivity contribution in [1.29, 1.82) is 0 Å². The van der Waals surface area contributed by atoms with Crippen LogP contribution in [0.25, 0.3) is 11.3 Å². The highest BCUT2D eigenvalue weighted by atomic mass is 35.5. The third kappa shape index (κ3) is 4.93. The van der Waals surface area contributed by atoms with Crippen LogP contribution in [-0.4, -0.2) is 27.1 Å². The van der Waals surface area contributed by atoms with Crippen molar-refractivity contribution in [2.45, 2.75) is 12.1 Å². The lowest BCUT2D eigenvalue weighted by Gasteiger charge is -2.12. The first kappa shape index (κ1) is 21.9. The lowest BCUT2D eigenvalue weighted by molar-refractivity contribution is -0.113. The minimum Gasteiger partial charge on any atom is -0.325 e. The Kier molecular flexibility index (Phi) is 6.73. The molecule has 0 fully saturated rings. The van der Waals surface area contributed by atoms with Crippen LogP contribution in [0.1, 0.15) is 15.9 Å². The fourth-order valence-corrected chi connectivity index (χ4v) is 4.14. The van der Waals surface area contributed by atoms with Crippen LogP contribution in [0.15, 0.2) is 90.2 Å². The first-order chi connectivity index (χ1) is 15.5. The summed E-state index contributed by atoms with van der Waals surface area (Å²) in [7, 11) is 0. The van der Waals surface area contributed by atoms with Crippen LogP contribution in [0.4, 0.5) is 5.69 Å². The molecule has 0 radical (unpaired) electrons. The Hall–Kier alpha value is -3.35. The predicted octanol–water partition coefficient (Wildman–Crippen LogP) is 5.93. The summed E-state index contributed by atoms with van der Waals surface area (Å²) in [5.41, 5.74) is 3.68. The highest BCUT2D eigenvalue weighted by Gasteiger charge is 2.21. The first-order valence-electron chi connectivity index (χ1n) is 9.94. The van der Waals surface area contributed by atoms with Gasteiger partial charge in [-0.3, -0.25) is 14.2 Å². The van der Waals surface area contributed by atoms with E-state index in [0.29, 0.717) is 27.1 Å². The summed E-state index contributed by atoms with van der Waals surface area (Å²) < 4.78 is 1.58. The molecule has 0 unspecified atom stereocenters. The summed E-state index contributed by atoms with van der Waals surface area (Å²) in [5, 5.41) is 3.89. The number of amides is 1. The van der Waals surface area contributed by atoms with Crippen molar-refractivity contribution in [3.63, 3.8) is 0 Å². The molecule has 0 saturated carbocycles. The number of halogens is 1. The summed E-state index contributed by atoms with van der Waals surface area (Å²) >= 11 is 7.11. The fourth-order valence-electron chi connectivity index (χ4n) is 3.24. The highest BCUT2D eigenvalue weighted by molar-refractivity contribution is 7.99. The summed E-state index contributed by atoms with van der Waals surface area (Å²) in [6.45, 7) is 1.90. The van der Waals surface area contributed by atoms with Gasteiger partial charge in [-0.25, -0.2) is 4.98 Å². The molecule has 5 nitrogen and oxygen atoms in total. The molecule has 0 saturated heterocycles. The topological polar surface area (TPSA) is 64.0 Å². The van der Waals surface area contributed by atoms with Gasteiger partial charge in [-0.2, -0.15) is 0 Å². The lowest BCUT2D eigenvalue weighted by Crippen LogP contribution is -2.18. The lowest BCUT2D eigenvalue weighted by atomic mass is 10.1. The van der Waals surface area contributed by atoms with Gasteiger partial charge in [0.25, 0.3) is 5.91 Å². The molecule has 0 atom stereocenters. The summed E-state index contributed by atoms with van der Waals surface area (Å²) in [6, 6.07) is 23.9. The molecule has 32 heavy (non-hydrogen) atoms. The van der Waals surface area contributed by atoms with E-state index in [1.165, 1.54) is 11.8 Å². The Morgan fingerprint density at radius 2 is 1.66 bits per heavy atom. The molecule has 0 aliphatic heterocycles. The molecule has 4 rings (SSSR count). The molecule has 0 aliphatic rings.